The van der Waals surface area contributed by atoms with Crippen LogP contribution in [0.4, 0.5) is 0 Å². The van der Waals surface area contributed by atoms with Crippen molar-refractivity contribution in [2.45, 2.75) is 0 Å². The van der Waals surface area contributed by atoms with E-state index in [1.165, 1.54) is 0 Å². The van der Waals surface area contributed by atoms with Crippen molar-refractivity contribution >= 4 is 24.4 Å². The summed E-state index contributed by atoms with van der Waals surface area (Å²) in [5.41, 5.74) is 0. The monoisotopic (exact) mass is 236 g/mol. The average molecular weight is 237 g/mol. The Morgan fingerprint density at radius 3 is 0.429 bits per heavy atom. The molecule has 50 valence electrons. The van der Waals surface area contributed by atoms with Gasteiger partial charge >= 0.3 is 25.9 Å². The largest absolute Gasteiger partial charge is 3.00 e. The summed E-state index contributed by atoms with van der Waals surface area (Å²) < 4.78 is 0. The predicted octanol–water partition coefficient (Wildman–Crippen LogP) is -18.2. The molecule has 7 heteroatoms. The van der Waals surface area contributed by atoms with Crippen LogP contribution in [0.2, 0.25) is 0 Å². The molecular formula is HF6Sb-2. The smallest absolute Gasteiger partial charge is 1.00 e. The van der Waals surface area contributed by atoms with E-state index in [0.717, 1.165) is 0 Å². The first-order valence-electron chi connectivity index (χ1n) is 0. The summed E-state index contributed by atoms with van der Waals surface area (Å²) in [6.45, 7) is 0. The summed E-state index contributed by atoms with van der Waals surface area (Å²) in [5, 5.41) is 0. The van der Waals surface area contributed by atoms with Crippen molar-refractivity contribution in [3.63, 3.8) is 0 Å². The van der Waals surface area contributed by atoms with Crippen LogP contribution < -0.4 is 28.2 Å². The molecule has 0 unspecified atom stereocenters. The summed E-state index contributed by atoms with van der Waals surface area (Å²) in [5.74, 6) is 0. The first kappa shape index (κ1) is 1910. The van der Waals surface area contributed by atoms with Crippen molar-refractivity contribution < 1.29 is 29.7 Å². The Morgan fingerprint density at radius 1 is 0.429 bits per heavy atom. The maximum absolute atomic E-state index is 0. The second kappa shape index (κ2) is 1180. The van der Waals surface area contributed by atoms with Gasteiger partial charge in [0.25, 0.3) is 0 Å². The van der Waals surface area contributed by atoms with E-state index in [9.17, 15) is 0 Å². The van der Waals surface area contributed by atoms with Crippen LogP contribution in [-0.2, 0) is 0 Å². The molecule has 0 nitrogen and oxygen atoms in total. The van der Waals surface area contributed by atoms with Gasteiger partial charge in [-0.05, 0) is 0 Å². The summed E-state index contributed by atoms with van der Waals surface area (Å²) >= 11 is 0. The fraction of sp³-hybridized carbons (Fsp3) is 0. The van der Waals surface area contributed by atoms with E-state index >= 15 is 0 Å². The summed E-state index contributed by atoms with van der Waals surface area (Å²) in [7, 11) is 0. The molecular weight excluding hydrogens is 236 g/mol. The minimum Gasteiger partial charge on any atom is -1.00 e. The van der Waals surface area contributed by atoms with Crippen LogP contribution in [0.25, 0.3) is 0 Å². The van der Waals surface area contributed by atoms with Crippen molar-refractivity contribution in [1.82, 2.24) is 0 Å². The van der Waals surface area contributed by atoms with Gasteiger partial charge in [0.1, 0.15) is 0 Å². The molecule has 7 heavy (non-hydrogen) atoms. The molecule has 0 aromatic heterocycles. The van der Waals surface area contributed by atoms with Gasteiger partial charge in [0.15, 0.2) is 0 Å². The molecule has 0 rings (SSSR count). The van der Waals surface area contributed by atoms with Gasteiger partial charge in [0.2, 0.25) is 0 Å². The second-order valence-electron chi connectivity index (χ2n) is 0. The minimum atomic E-state index is 0. The Hall–Kier alpha value is 0.398. The molecule has 0 aliphatic heterocycles. The van der Waals surface area contributed by atoms with Crippen LogP contribution in [0, 0.1) is 0 Å². The zero-order chi connectivity index (χ0) is 0. The zero-order valence-corrected chi connectivity index (χ0v) is 5.27. The molecule has 0 N–H and O–H groups in total. The van der Waals surface area contributed by atoms with E-state index in [2.05, 4.69) is 0 Å². The topological polar surface area (TPSA) is 0 Å². The van der Waals surface area contributed by atoms with E-state index < -0.39 is 0 Å². The van der Waals surface area contributed by atoms with Gasteiger partial charge in [0.05, 0.1) is 0 Å². The van der Waals surface area contributed by atoms with Gasteiger partial charge in [-0.15, -0.1) is 0 Å². The molecule has 0 aliphatic carbocycles. The molecule has 0 amide bonds. The third-order valence-corrected chi connectivity index (χ3v) is 0. The fourth-order valence-corrected chi connectivity index (χ4v) is 0. The van der Waals surface area contributed by atoms with Crippen molar-refractivity contribution in [2.24, 2.45) is 0 Å². The van der Waals surface area contributed by atoms with Gasteiger partial charge in [-0.2, -0.15) is 0 Å². The van der Waals surface area contributed by atoms with Crippen LogP contribution >= 0.6 is 0 Å². The molecule has 0 atom stereocenters. The fourth-order valence-electron chi connectivity index (χ4n) is 0. The predicted molar refractivity (Wildman–Crippen MR) is 6.87 cm³/mol. The van der Waals surface area contributed by atoms with Crippen LogP contribution in [0.5, 0.6) is 0 Å². The van der Waals surface area contributed by atoms with Crippen molar-refractivity contribution in [3.8, 4) is 0 Å². The Morgan fingerprint density at radius 2 is 0.429 bits per heavy atom. The Bertz CT molecular complexity index is 8.49. The van der Waals surface area contributed by atoms with Gasteiger partial charge < -0.3 is 28.2 Å². The van der Waals surface area contributed by atoms with E-state index in [-0.39, 0.29) is 54.1 Å². The van der Waals surface area contributed by atoms with Crippen LogP contribution in [-0.4, -0.2) is 24.4 Å². The van der Waals surface area contributed by atoms with Crippen LogP contribution in [0.1, 0.15) is 1.43 Å². The molecule has 2 radical (unpaired) electrons. The van der Waals surface area contributed by atoms with E-state index in [1.54, 1.807) is 0 Å². The van der Waals surface area contributed by atoms with Crippen molar-refractivity contribution in [1.29, 1.82) is 0 Å². The maximum Gasteiger partial charge on any atom is 3.00 e. The van der Waals surface area contributed by atoms with Gasteiger partial charge in [-0.3, -0.25) is 0 Å². The van der Waals surface area contributed by atoms with E-state index in [4.69, 9.17) is 0 Å². The molecule has 0 heterocycles. The molecule has 0 saturated carbocycles. The third-order valence-electron chi connectivity index (χ3n) is 0. The number of hydrogen-bond donors (Lipinski definition) is 0. The average Bonchev–Trinajstić information content (AvgIpc) is 0. The first-order chi connectivity index (χ1) is 0. The Balaban J connectivity index is 0. The Kier molecular flexibility index (Phi) is 321000. The SMILES string of the molecule is [F-].[F-].[F-].[F-].[F-].[F-].[H+].[Sb+3]. The molecule has 0 fully saturated rings. The standard InChI is InChI=1S/6FH.Sb/h6*1H;/q;;;;;;+3/p-5. The zero-order valence-electron chi connectivity index (χ0n) is 3.72. The van der Waals surface area contributed by atoms with E-state index in [1.807, 2.05) is 0 Å². The summed E-state index contributed by atoms with van der Waals surface area (Å²) in [4.78, 5) is 0. The molecule has 0 aromatic carbocycles. The van der Waals surface area contributed by atoms with Crippen molar-refractivity contribution in [2.75, 3.05) is 0 Å². The number of hydrogen-bond acceptors (Lipinski definition) is 0. The first-order valence-corrected chi connectivity index (χ1v) is 0. The minimum absolute atomic E-state index is 0. The summed E-state index contributed by atoms with van der Waals surface area (Å²) in [6, 6.07) is 0. The third kappa shape index (κ3) is 781. The number of rotatable bonds is 0. The van der Waals surface area contributed by atoms with E-state index in [0.29, 0.717) is 0 Å². The van der Waals surface area contributed by atoms with Crippen LogP contribution in [0.3, 0.4) is 0 Å². The Labute approximate surface area is 54.8 Å². The quantitative estimate of drug-likeness (QED) is 0.290. The van der Waals surface area contributed by atoms with Crippen LogP contribution in [0.15, 0.2) is 0 Å². The normalized spacial score (nSPS) is 0. The van der Waals surface area contributed by atoms with Gasteiger partial charge in [0, 0.05) is 0 Å². The van der Waals surface area contributed by atoms with Crippen molar-refractivity contribution in [3.05, 3.63) is 0 Å². The molecule has 0 spiro atoms. The molecule has 0 aromatic rings. The molecule has 0 bridgehead atoms. The summed E-state index contributed by atoms with van der Waals surface area (Å²) in [6.07, 6.45) is 0. The van der Waals surface area contributed by atoms with Gasteiger partial charge in [-0.1, -0.05) is 0 Å². The molecule has 0 aliphatic rings. The van der Waals surface area contributed by atoms with Gasteiger partial charge in [-0.25, -0.2) is 0 Å². The second-order valence-corrected chi connectivity index (χ2v) is 0. The number of halogens is 6. The molecule has 0 saturated heterocycles. The maximum atomic E-state index is 0.